The second kappa shape index (κ2) is 8.86. The molecule has 4 nitrogen and oxygen atoms in total. The van der Waals surface area contributed by atoms with Gasteiger partial charge in [-0.25, -0.2) is 0 Å². The van der Waals surface area contributed by atoms with Gasteiger partial charge in [-0.05, 0) is 19.4 Å². The van der Waals surface area contributed by atoms with E-state index in [0.29, 0.717) is 13.2 Å². The number of methoxy groups -OCH3 is 1. The molecule has 1 aliphatic rings. The van der Waals surface area contributed by atoms with Crippen molar-refractivity contribution in [1.29, 1.82) is 0 Å². The molecule has 0 aromatic rings. The first-order valence-corrected chi connectivity index (χ1v) is 7.31. The first-order chi connectivity index (χ1) is 8.79. The highest BCUT2D eigenvalue weighted by molar-refractivity contribution is 4.93. The van der Waals surface area contributed by atoms with Crippen molar-refractivity contribution in [3.63, 3.8) is 0 Å². The molecule has 1 aliphatic carbocycles. The SMILES string of the molecule is CCN(CCOCCOC)C1(CN)CCCCC1. The molecule has 1 rings (SSSR count). The molecule has 1 saturated carbocycles. The van der Waals surface area contributed by atoms with Crippen molar-refractivity contribution >= 4 is 0 Å². The molecule has 2 N–H and O–H groups in total. The molecule has 0 aromatic carbocycles. The molecular formula is C14H30N2O2. The largest absolute Gasteiger partial charge is 0.382 e. The van der Waals surface area contributed by atoms with E-state index >= 15 is 0 Å². The molecule has 0 radical (unpaired) electrons. The quantitative estimate of drug-likeness (QED) is 0.639. The van der Waals surface area contributed by atoms with Gasteiger partial charge in [0.2, 0.25) is 0 Å². The highest BCUT2D eigenvalue weighted by Gasteiger charge is 2.35. The predicted molar refractivity (Wildman–Crippen MR) is 74.8 cm³/mol. The lowest BCUT2D eigenvalue weighted by Gasteiger charge is -2.45. The Morgan fingerprint density at radius 1 is 1.11 bits per heavy atom. The van der Waals surface area contributed by atoms with Gasteiger partial charge in [0.25, 0.3) is 0 Å². The summed E-state index contributed by atoms with van der Waals surface area (Å²) in [5.41, 5.74) is 6.30. The van der Waals surface area contributed by atoms with Crippen molar-refractivity contribution in [1.82, 2.24) is 4.90 Å². The zero-order valence-electron chi connectivity index (χ0n) is 12.1. The Bertz CT molecular complexity index is 206. The van der Waals surface area contributed by atoms with Gasteiger partial charge in [0, 0.05) is 25.7 Å². The highest BCUT2D eigenvalue weighted by atomic mass is 16.5. The predicted octanol–water partition coefficient (Wildman–Crippen LogP) is 1.63. The van der Waals surface area contributed by atoms with Gasteiger partial charge >= 0.3 is 0 Å². The topological polar surface area (TPSA) is 47.7 Å². The van der Waals surface area contributed by atoms with Gasteiger partial charge < -0.3 is 15.2 Å². The van der Waals surface area contributed by atoms with E-state index in [9.17, 15) is 0 Å². The Hall–Kier alpha value is -0.160. The fraction of sp³-hybridized carbons (Fsp3) is 1.00. The average Bonchev–Trinajstić information content (AvgIpc) is 2.43. The Balaban J connectivity index is 2.37. The Labute approximate surface area is 112 Å². The van der Waals surface area contributed by atoms with Gasteiger partial charge in [0.1, 0.15) is 0 Å². The van der Waals surface area contributed by atoms with Crippen molar-refractivity contribution in [2.45, 2.75) is 44.6 Å². The maximum Gasteiger partial charge on any atom is 0.0700 e. The van der Waals surface area contributed by atoms with Crippen LogP contribution in [0.2, 0.25) is 0 Å². The van der Waals surface area contributed by atoms with Crippen molar-refractivity contribution in [3.8, 4) is 0 Å². The number of nitrogens with two attached hydrogens (primary N) is 1. The maximum absolute atomic E-state index is 6.06. The van der Waals surface area contributed by atoms with Crippen LogP contribution in [0.15, 0.2) is 0 Å². The summed E-state index contributed by atoms with van der Waals surface area (Å²) >= 11 is 0. The molecule has 0 unspecified atom stereocenters. The minimum Gasteiger partial charge on any atom is -0.382 e. The minimum absolute atomic E-state index is 0.234. The molecular weight excluding hydrogens is 228 g/mol. The van der Waals surface area contributed by atoms with E-state index < -0.39 is 0 Å². The van der Waals surface area contributed by atoms with Crippen molar-refractivity contribution in [2.24, 2.45) is 5.73 Å². The van der Waals surface area contributed by atoms with E-state index in [1.165, 1.54) is 32.1 Å². The third-order valence-electron chi connectivity index (χ3n) is 4.15. The third kappa shape index (κ3) is 4.50. The Morgan fingerprint density at radius 2 is 1.83 bits per heavy atom. The zero-order chi connectivity index (χ0) is 13.3. The van der Waals surface area contributed by atoms with E-state index in [-0.39, 0.29) is 5.54 Å². The molecule has 1 fully saturated rings. The summed E-state index contributed by atoms with van der Waals surface area (Å²) in [6.45, 7) is 7.18. The van der Waals surface area contributed by atoms with Crippen LogP contribution in [0.3, 0.4) is 0 Å². The number of nitrogens with zero attached hydrogens (tertiary/aromatic N) is 1. The molecule has 0 spiro atoms. The standard InChI is InChI=1S/C14H30N2O2/c1-3-16(9-10-18-12-11-17-2)14(13-15)7-5-4-6-8-14/h3-13,15H2,1-2H3. The van der Waals surface area contributed by atoms with Crippen LogP contribution >= 0.6 is 0 Å². The summed E-state index contributed by atoms with van der Waals surface area (Å²) in [5, 5.41) is 0. The molecule has 0 aliphatic heterocycles. The number of hydrogen-bond acceptors (Lipinski definition) is 4. The molecule has 0 saturated heterocycles. The fourth-order valence-corrected chi connectivity index (χ4v) is 3.01. The molecule has 0 aromatic heterocycles. The van der Waals surface area contributed by atoms with Crippen LogP contribution in [0.5, 0.6) is 0 Å². The molecule has 0 heterocycles. The smallest absolute Gasteiger partial charge is 0.0700 e. The number of ether oxygens (including phenoxy) is 2. The van der Waals surface area contributed by atoms with E-state index in [1.54, 1.807) is 7.11 Å². The van der Waals surface area contributed by atoms with Crippen LogP contribution in [0, 0.1) is 0 Å². The van der Waals surface area contributed by atoms with E-state index in [0.717, 1.165) is 26.2 Å². The second-order valence-corrected chi connectivity index (χ2v) is 5.17. The number of hydrogen-bond donors (Lipinski definition) is 1. The second-order valence-electron chi connectivity index (χ2n) is 5.17. The Kier molecular flexibility index (Phi) is 7.82. The first kappa shape index (κ1) is 15.9. The third-order valence-corrected chi connectivity index (χ3v) is 4.15. The molecule has 0 amide bonds. The van der Waals surface area contributed by atoms with Crippen molar-refractivity contribution < 1.29 is 9.47 Å². The van der Waals surface area contributed by atoms with Gasteiger partial charge in [-0.3, -0.25) is 4.90 Å². The van der Waals surface area contributed by atoms with Crippen molar-refractivity contribution in [2.75, 3.05) is 46.6 Å². The molecule has 18 heavy (non-hydrogen) atoms. The summed E-state index contributed by atoms with van der Waals surface area (Å²) in [4.78, 5) is 2.53. The summed E-state index contributed by atoms with van der Waals surface area (Å²) in [6.07, 6.45) is 6.49. The number of likely N-dealkylation sites (N-methyl/N-ethyl adjacent to an activating group) is 1. The van der Waals surface area contributed by atoms with Gasteiger partial charge in [0.05, 0.1) is 19.8 Å². The lowest BCUT2D eigenvalue weighted by molar-refractivity contribution is 0.0146. The van der Waals surface area contributed by atoms with Crippen LogP contribution in [0.1, 0.15) is 39.0 Å². The number of rotatable bonds is 9. The van der Waals surface area contributed by atoms with Crippen LogP contribution in [0.4, 0.5) is 0 Å². The van der Waals surface area contributed by atoms with E-state index in [1.807, 2.05) is 0 Å². The van der Waals surface area contributed by atoms with E-state index in [2.05, 4.69) is 11.8 Å². The summed E-state index contributed by atoms with van der Waals surface area (Å²) in [5.74, 6) is 0. The van der Waals surface area contributed by atoms with Gasteiger partial charge in [-0.1, -0.05) is 26.2 Å². The van der Waals surface area contributed by atoms with Crippen molar-refractivity contribution in [3.05, 3.63) is 0 Å². The molecule has 108 valence electrons. The van der Waals surface area contributed by atoms with Gasteiger partial charge in [-0.15, -0.1) is 0 Å². The van der Waals surface area contributed by atoms with Crippen LogP contribution in [0.25, 0.3) is 0 Å². The lowest BCUT2D eigenvalue weighted by Crippen LogP contribution is -2.55. The van der Waals surface area contributed by atoms with Gasteiger partial charge in [-0.2, -0.15) is 0 Å². The molecule has 0 bridgehead atoms. The average molecular weight is 258 g/mol. The summed E-state index contributed by atoms with van der Waals surface area (Å²) in [6, 6.07) is 0. The van der Waals surface area contributed by atoms with Crippen LogP contribution < -0.4 is 5.73 Å². The van der Waals surface area contributed by atoms with Crippen LogP contribution in [-0.4, -0.2) is 57.0 Å². The van der Waals surface area contributed by atoms with E-state index in [4.69, 9.17) is 15.2 Å². The van der Waals surface area contributed by atoms with Gasteiger partial charge in [0.15, 0.2) is 0 Å². The molecule has 0 atom stereocenters. The van der Waals surface area contributed by atoms with Crippen LogP contribution in [-0.2, 0) is 9.47 Å². The monoisotopic (exact) mass is 258 g/mol. The lowest BCUT2D eigenvalue weighted by atomic mass is 9.80. The fourth-order valence-electron chi connectivity index (χ4n) is 3.01. The maximum atomic E-state index is 6.06. The summed E-state index contributed by atoms with van der Waals surface area (Å²) < 4.78 is 10.6. The highest BCUT2D eigenvalue weighted by Crippen LogP contribution is 2.32. The first-order valence-electron chi connectivity index (χ1n) is 7.31. The minimum atomic E-state index is 0.234. The zero-order valence-corrected chi connectivity index (χ0v) is 12.1. The molecule has 4 heteroatoms. The normalized spacial score (nSPS) is 19.3. The summed E-state index contributed by atoms with van der Waals surface area (Å²) in [7, 11) is 1.70. The Morgan fingerprint density at radius 3 is 2.39 bits per heavy atom.